The maximum Gasteiger partial charge on any atom is 0.384 e. The number of carbonyl (C=O) groups excluding carboxylic acids is 1. The van der Waals surface area contributed by atoms with Crippen molar-refractivity contribution in [2.75, 3.05) is 13.7 Å². The molecule has 0 radical (unpaired) electrons. The second-order valence-corrected chi connectivity index (χ2v) is 7.47. The van der Waals surface area contributed by atoms with Crippen molar-refractivity contribution < 1.29 is 9.53 Å². The summed E-state index contributed by atoms with van der Waals surface area (Å²) in [6.45, 7) is 11.2. The van der Waals surface area contributed by atoms with Crippen LogP contribution in [-0.2, 0) is 14.9 Å². The highest BCUT2D eigenvalue weighted by atomic mass is 16.5. The maximum atomic E-state index is 11.4. The molecule has 1 aromatic rings. The van der Waals surface area contributed by atoms with E-state index in [-0.39, 0.29) is 5.41 Å². The molecular formula is C21H29NO2. The van der Waals surface area contributed by atoms with Gasteiger partial charge in [-0.3, -0.25) is 4.90 Å². The Hall–Kier alpha value is -1.79. The van der Waals surface area contributed by atoms with Crippen LogP contribution in [0.25, 0.3) is 0 Å². The van der Waals surface area contributed by atoms with E-state index in [2.05, 4.69) is 63.6 Å². The molecule has 0 heterocycles. The van der Waals surface area contributed by atoms with Gasteiger partial charge in [0, 0.05) is 23.6 Å². The van der Waals surface area contributed by atoms with Crippen molar-refractivity contribution in [1.82, 2.24) is 4.90 Å². The molecule has 0 aromatic heterocycles. The Morgan fingerprint density at radius 3 is 2.75 bits per heavy atom. The summed E-state index contributed by atoms with van der Waals surface area (Å²) in [5.74, 6) is 5.04. The lowest BCUT2D eigenvalue weighted by molar-refractivity contribution is -0.136. The minimum atomic E-state index is -0.466. The molecule has 1 atom stereocenters. The van der Waals surface area contributed by atoms with Crippen LogP contribution < -0.4 is 0 Å². The van der Waals surface area contributed by atoms with E-state index in [0.29, 0.717) is 18.7 Å². The van der Waals surface area contributed by atoms with E-state index < -0.39 is 5.97 Å². The molecule has 130 valence electrons. The summed E-state index contributed by atoms with van der Waals surface area (Å²) in [4.78, 5) is 13.9. The average Bonchev–Trinajstić information content (AvgIpc) is 2.53. The van der Waals surface area contributed by atoms with Gasteiger partial charge in [0.15, 0.2) is 0 Å². The number of rotatable bonds is 3. The molecule has 0 N–H and O–H groups in total. The molecule has 0 saturated carbocycles. The second-order valence-electron chi connectivity index (χ2n) is 7.47. The minimum Gasteiger partial charge on any atom is -0.456 e. The van der Waals surface area contributed by atoms with Crippen LogP contribution in [0.4, 0.5) is 0 Å². The van der Waals surface area contributed by atoms with Crippen molar-refractivity contribution in [1.29, 1.82) is 0 Å². The molecule has 0 fully saturated rings. The fourth-order valence-electron chi connectivity index (χ4n) is 3.37. The summed E-state index contributed by atoms with van der Waals surface area (Å²) in [7, 11) is 2.20. The zero-order valence-electron chi connectivity index (χ0n) is 15.8. The number of fused-ring (bicyclic) bond motifs is 1. The Bertz CT molecular complexity index is 664. The van der Waals surface area contributed by atoms with E-state index in [1.54, 1.807) is 6.92 Å². The second kappa shape index (κ2) is 7.40. The molecule has 2 rings (SSSR count). The molecular weight excluding hydrogens is 298 g/mol. The molecule has 0 aliphatic heterocycles. The molecule has 0 saturated heterocycles. The Morgan fingerprint density at radius 2 is 2.12 bits per heavy atom. The quantitative estimate of drug-likeness (QED) is 0.619. The normalized spacial score (nSPS) is 18.8. The number of carbonyl (C=O) groups is 1. The third kappa shape index (κ3) is 3.99. The molecule has 0 bridgehead atoms. The van der Waals surface area contributed by atoms with E-state index >= 15 is 0 Å². The van der Waals surface area contributed by atoms with E-state index in [9.17, 15) is 4.79 Å². The Labute approximate surface area is 146 Å². The Kier molecular flexibility index (Phi) is 5.72. The smallest absolute Gasteiger partial charge is 0.384 e. The van der Waals surface area contributed by atoms with Gasteiger partial charge in [0.1, 0.15) is 0 Å². The largest absolute Gasteiger partial charge is 0.456 e. The van der Waals surface area contributed by atoms with Gasteiger partial charge in [-0.05, 0) is 69.3 Å². The number of esters is 1. The third-order valence-corrected chi connectivity index (χ3v) is 5.07. The molecule has 3 nitrogen and oxygen atoms in total. The lowest BCUT2D eigenvalue weighted by Gasteiger charge is -2.42. The van der Waals surface area contributed by atoms with Gasteiger partial charge in [0.2, 0.25) is 0 Å². The van der Waals surface area contributed by atoms with E-state index in [1.807, 2.05) is 6.07 Å². The summed E-state index contributed by atoms with van der Waals surface area (Å²) >= 11 is 0. The first-order valence-electron chi connectivity index (χ1n) is 8.81. The zero-order valence-corrected chi connectivity index (χ0v) is 15.8. The van der Waals surface area contributed by atoms with Crippen LogP contribution >= 0.6 is 0 Å². The summed E-state index contributed by atoms with van der Waals surface area (Å²) in [5.41, 5.74) is 3.75. The Balaban J connectivity index is 2.39. The summed E-state index contributed by atoms with van der Waals surface area (Å²) < 4.78 is 4.87. The highest BCUT2D eigenvalue weighted by Crippen LogP contribution is 2.44. The molecule has 24 heavy (non-hydrogen) atoms. The van der Waals surface area contributed by atoms with Gasteiger partial charge in [-0.25, -0.2) is 4.79 Å². The SMILES string of the molecule is CCOC(=O)C#Cc1ccc2c(c1)C(C)(C)CCC2N(C)C(C)C. The third-order valence-electron chi connectivity index (χ3n) is 5.07. The van der Waals surface area contributed by atoms with Crippen molar-refractivity contribution in [2.24, 2.45) is 0 Å². The number of hydrogen-bond acceptors (Lipinski definition) is 3. The first kappa shape index (κ1) is 18.5. The van der Waals surface area contributed by atoms with Crippen molar-refractivity contribution in [2.45, 2.75) is 65.0 Å². The lowest BCUT2D eigenvalue weighted by atomic mass is 9.70. The van der Waals surface area contributed by atoms with Gasteiger partial charge < -0.3 is 4.74 Å². The highest BCUT2D eigenvalue weighted by molar-refractivity contribution is 5.89. The Morgan fingerprint density at radius 1 is 1.42 bits per heavy atom. The summed E-state index contributed by atoms with van der Waals surface area (Å²) in [5, 5.41) is 0. The van der Waals surface area contributed by atoms with Gasteiger partial charge in [0.05, 0.1) is 6.61 Å². The van der Waals surface area contributed by atoms with Crippen LogP contribution in [0, 0.1) is 11.8 Å². The van der Waals surface area contributed by atoms with Crippen LogP contribution in [0.3, 0.4) is 0 Å². The maximum absolute atomic E-state index is 11.4. The van der Waals surface area contributed by atoms with E-state index in [1.165, 1.54) is 17.5 Å². The van der Waals surface area contributed by atoms with Gasteiger partial charge in [-0.1, -0.05) is 25.8 Å². The molecule has 1 aliphatic rings. The predicted molar refractivity (Wildman–Crippen MR) is 97.9 cm³/mol. The lowest BCUT2D eigenvalue weighted by Crippen LogP contribution is -2.37. The molecule has 3 heteroatoms. The zero-order chi connectivity index (χ0) is 17.9. The monoisotopic (exact) mass is 327 g/mol. The summed E-state index contributed by atoms with van der Waals surface area (Å²) in [6.07, 6.45) is 2.32. The first-order chi connectivity index (χ1) is 11.3. The van der Waals surface area contributed by atoms with Crippen LogP contribution in [0.5, 0.6) is 0 Å². The molecule has 1 aliphatic carbocycles. The highest BCUT2D eigenvalue weighted by Gasteiger charge is 2.34. The van der Waals surface area contributed by atoms with E-state index in [0.717, 1.165) is 12.0 Å². The minimum absolute atomic E-state index is 0.130. The van der Waals surface area contributed by atoms with Crippen molar-refractivity contribution in [3.63, 3.8) is 0 Å². The fraction of sp³-hybridized carbons (Fsp3) is 0.571. The standard InChI is InChI=1S/C21H29NO2/c1-7-24-20(23)11-9-16-8-10-17-18(14-16)21(4,5)13-12-19(17)22(6)15(2)3/h8,10,14-15,19H,7,12-13H2,1-6H3. The number of benzene rings is 1. The van der Waals surface area contributed by atoms with Gasteiger partial charge in [-0.15, -0.1) is 0 Å². The van der Waals surface area contributed by atoms with Crippen LogP contribution in [0.15, 0.2) is 18.2 Å². The van der Waals surface area contributed by atoms with E-state index in [4.69, 9.17) is 4.74 Å². The van der Waals surface area contributed by atoms with Crippen LogP contribution in [-0.4, -0.2) is 30.6 Å². The first-order valence-corrected chi connectivity index (χ1v) is 8.81. The average molecular weight is 327 g/mol. The number of hydrogen-bond donors (Lipinski definition) is 0. The van der Waals surface area contributed by atoms with Gasteiger partial charge in [0.25, 0.3) is 0 Å². The molecule has 0 spiro atoms. The van der Waals surface area contributed by atoms with Gasteiger partial charge in [-0.2, -0.15) is 0 Å². The van der Waals surface area contributed by atoms with Crippen molar-refractivity contribution in [3.05, 3.63) is 34.9 Å². The number of ether oxygens (including phenoxy) is 1. The van der Waals surface area contributed by atoms with Crippen molar-refractivity contribution in [3.8, 4) is 11.8 Å². The van der Waals surface area contributed by atoms with Crippen LogP contribution in [0.1, 0.15) is 70.2 Å². The fourth-order valence-corrected chi connectivity index (χ4v) is 3.37. The molecule has 0 amide bonds. The van der Waals surface area contributed by atoms with Gasteiger partial charge >= 0.3 is 5.97 Å². The molecule has 1 aromatic carbocycles. The summed E-state index contributed by atoms with van der Waals surface area (Å²) in [6, 6.07) is 7.32. The topological polar surface area (TPSA) is 29.5 Å². The predicted octanol–water partition coefficient (Wildman–Crippen LogP) is 4.05. The van der Waals surface area contributed by atoms with Crippen molar-refractivity contribution >= 4 is 5.97 Å². The number of nitrogens with zero attached hydrogens (tertiary/aromatic N) is 1. The molecule has 1 unspecified atom stereocenters. The van der Waals surface area contributed by atoms with Crippen LogP contribution in [0.2, 0.25) is 0 Å².